The highest BCUT2D eigenvalue weighted by molar-refractivity contribution is 6.19. The Kier molecular flexibility index (Phi) is 10.4. The zero-order chi connectivity index (χ0) is 48.7. The van der Waals surface area contributed by atoms with Gasteiger partial charge in [0.25, 0.3) is 0 Å². The largest absolute Gasteiger partial charge is 0.508 e. The van der Waals surface area contributed by atoms with E-state index in [1.54, 1.807) is 54.6 Å². The van der Waals surface area contributed by atoms with Gasteiger partial charge in [-0.3, -0.25) is 9.59 Å². The minimum Gasteiger partial charge on any atom is -0.508 e. The summed E-state index contributed by atoms with van der Waals surface area (Å²) in [5, 5.41) is 98.1. The van der Waals surface area contributed by atoms with Crippen molar-refractivity contribution in [3.63, 3.8) is 0 Å². The van der Waals surface area contributed by atoms with E-state index in [1.807, 2.05) is 0 Å². The van der Waals surface area contributed by atoms with Crippen LogP contribution in [-0.4, -0.2) is 57.5 Å². The van der Waals surface area contributed by atoms with Gasteiger partial charge in [-0.2, -0.15) is 0 Å². The Morgan fingerprint density at radius 2 is 0.757 bits per heavy atom. The van der Waals surface area contributed by atoms with E-state index in [0.29, 0.717) is 50.1 Å². The predicted octanol–water partition coefficient (Wildman–Crippen LogP) is 9.60. The van der Waals surface area contributed by atoms with Crippen LogP contribution in [0.3, 0.4) is 0 Å². The smallest absolute Gasteiger partial charge is 0.223 e. The fraction of sp³-hybridized carbons (Fsp3) is 0.143. The maximum absolute atomic E-state index is 14.3. The van der Waals surface area contributed by atoms with E-state index >= 15 is 0 Å². The fourth-order valence-electron chi connectivity index (χ4n) is 10.9. The van der Waals surface area contributed by atoms with Gasteiger partial charge in [-0.1, -0.05) is 48.5 Å². The Morgan fingerprint density at radius 3 is 1.24 bits per heavy atom. The number of phenolic OH excluding ortho intramolecular Hbond substituents is 8. The van der Waals surface area contributed by atoms with Crippen LogP contribution in [-0.2, 0) is 14.3 Å². The SMILES string of the molecule is O=C1C=C(O)C(=O)C([C@H]2[C@@H](c3cc(O)cc4c3[C@H](c3cc(O)cc5c3[C@@H](c3cc(O)cc(O)c3)[C@H](c3ccc(O)cc3)O5)[C@@H](c3ccc(O)cc3)O4)[C@@H](c3ccc(O)cc3)O[C@@H]2c2ccc(O)cc2)=C1. The molecule has 14 heteroatoms. The lowest BCUT2D eigenvalue weighted by Gasteiger charge is -2.31. The number of hydrogen-bond acceptors (Lipinski definition) is 14. The molecule has 4 aliphatic rings. The van der Waals surface area contributed by atoms with Crippen LogP contribution in [0, 0.1) is 5.92 Å². The molecule has 1 saturated heterocycles. The summed E-state index contributed by atoms with van der Waals surface area (Å²) in [4.78, 5) is 27.7. The van der Waals surface area contributed by atoms with Gasteiger partial charge in [0.2, 0.25) is 5.78 Å². The summed E-state index contributed by atoms with van der Waals surface area (Å²) < 4.78 is 20.7. The van der Waals surface area contributed by atoms with Gasteiger partial charge in [-0.25, -0.2) is 0 Å². The van der Waals surface area contributed by atoms with Crippen molar-refractivity contribution in [2.24, 2.45) is 5.92 Å². The molecule has 8 atom stereocenters. The fourth-order valence-corrected chi connectivity index (χ4v) is 10.9. The van der Waals surface area contributed by atoms with Crippen molar-refractivity contribution in [3.8, 4) is 57.5 Å². The lowest BCUT2D eigenvalue weighted by Crippen LogP contribution is -2.27. The Bertz CT molecular complexity index is 3290. The second-order valence-electron chi connectivity index (χ2n) is 18.0. The summed E-state index contributed by atoms with van der Waals surface area (Å²) in [6.07, 6.45) is -1.90. The number of hydrogen-bond donors (Lipinski definition) is 9. The van der Waals surface area contributed by atoms with Crippen molar-refractivity contribution in [2.45, 2.75) is 42.2 Å². The molecular weight excluding hydrogens is 897 g/mol. The molecule has 0 unspecified atom stereocenters. The first kappa shape index (κ1) is 43.7. The highest BCUT2D eigenvalue weighted by Crippen LogP contribution is 2.64. The van der Waals surface area contributed by atoms with Crippen LogP contribution in [0.2, 0.25) is 0 Å². The first-order valence-corrected chi connectivity index (χ1v) is 22.3. The maximum atomic E-state index is 14.3. The number of carbonyl (C=O) groups is 2. The van der Waals surface area contributed by atoms with E-state index in [1.165, 1.54) is 84.9 Å². The summed E-state index contributed by atoms with van der Waals surface area (Å²) in [6, 6.07) is 35.3. The summed E-state index contributed by atoms with van der Waals surface area (Å²) in [7, 11) is 0. The van der Waals surface area contributed by atoms with Crippen molar-refractivity contribution >= 4 is 11.6 Å². The third-order valence-electron chi connectivity index (χ3n) is 13.7. The minimum atomic E-state index is -1.10. The number of Topliss-reactive ketones (excluding diaryl/α,β-unsaturated/α-hetero) is 1. The first-order valence-electron chi connectivity index (χ1n) is 22.3. The quantitative estimate of drug-likeness (QED) is 0.0645. The molecule has 350 valence electrons. The van der Waals surface area contributed by atoms with E-state index in [2.05, 4.69) is 0 Å². The molecule has 3 heterocycles. The van der Waals surface area contributed by atoms with Crippen molar-refractivity contribution in [3.05, 3.63) is 213 Å². The lowest BCUT2D eigenvalue weighted by molar-refractivity contribution is -0.118. The number of carbonyl (C=O) groups excluding carboxylic acids is 2. The number of fused-ring (bicyclic) bond motifs is 2. The molecular formula is C56H42O14. The Labute approximate surface area is 398 Å². The second-order valence-corrected chi connectivity index (χ2v) is 18.0. The molecule has 14 nitrogen and oxygen atoms in total. The third kappa shape index (κ3) is 7.51. The number of rotatable bonds is 8. The second kappa shape index (κ2) is 16.7. The molecule has 0 spiro atoms. The van der Waals surface area contributed by atoms with Crippen LogP contribution in [0.5, 0.6) is 57.5 Å². The Balaban J connectivity index is 1.20. The third-order valence-corrected chi connectivity index (χ3v) is 13.7. The summed E-state index contributed by atoms with van der Waals surface area (Å²) in [6.45, 7) is 0. The van der Waals surface area contributed by atoms with Crippen LogP contribution in [0.15, 0.2) is 163 Å². The number of ether oxygens (including phenoxy) is 3. The minimum absolute atomic E-state index is 0.00474. The standard InChI is InChI=1S/C56H42O14/c57-31-9-1-26(2-10-31)53-46(30-17-35(61)19-36(62)18-30)47-40(20-38(64)24-44(47)68-53)49-48-41(21-39(65)25-45(48)69-54(49)27-3-11-32(58)12-4-27)50-51(42-22-37(63)23-43(66)52(42)67)56(29-7-15-34(60)16-8-29)70-55(50)28-5-13-33(59)14-6-28/h1-25,46,49-51,53-62,64-66H/t46-,49+,50-,51+,53+,54-,55-,56-/m1/s1. The van der Waals surface area contributed by atoms with E-state index in [-0.39, 0.29) is 63.1 Å². The highest BCUT2D eigenvalue weighted by atomic mass is 16.5. The molecule has 7 aromatic carbocycles. The summed E-state index contributed by atoms with van der Waals surface area (Å²) in [5.74, 6) is -6.74. The maximum Gasteiger partial charge on any atom is 0.223 e. The Hall–Kier alpha value is -8.88. The number of benzene rings is 7. The molecule has 1 aliphatic carbocycles. The van der Waals surface area contributed by atoms with Gasteiger partial charge in [-0.05, 0) is 118 Å². The van der Waals surface area contributed by atoms with Crippen LogP contribution < -0.4 is 9.47 Å². The predicted molar refractivity (Wildman–Crippen MR) is 250 cm³/mol. The van der Waals surface area contributed by atoms with Crippen molar-refractivity contribution in [1.82, 2.24) is 0 Å². The number of aliphatic hydroxyl groups is 1. The molecule has 0 bridgehead atoms. The monoisotopic (exact) mass is 938 g/mol. The molecule has 0 radical (unpaired) electrons. The molecule has 7 aromatic rings. The number of phenols is 8. The normalized spacial score (nSPS) is 23.5. The van der Waals surface area contributed by atoms with Crippen LogP contribution in [0.4, 0.5) is 0 Å². The molecule has 0 amide bonds. The average Bonchev–Trinajstić information content (AvgIpc) is 4.03. The van der Waals surface area contributed by atoms with Crippen LogP contribution in [0.25, 0.3) is 0 Å². The van der Waals surface area contributed by atoms with Gasteiger partial charge >= 0.3 is 0 Å². The van der Waals surface area contributed by atoms with Crippen molar-refractivity contribution in [2.75, 3.05) is 0 Å². The number of allylic oxidation sites excluding steroid dienone is 3. The highest BCUT2D eigenvalue weighted by Gasteiger charge is 2.54. The van der Waals surface area contributed by atoms with Crippen molar-refractivity contribution in [1.29, 1.82) is 0 Å². The van der Waals surface area contributed by atoms with E-state index < -0.39 is 65.4 Å². The molecule has 3 aliphatic heterocycles. The number of aromatic hydroxyl groups is 8. The first-order chi connectivity index (χ1) is 33.7. The Morgan fingerprint density at radius 1 is 0.357 bits per heavy atom. The molecule has 70 heavy (non-hydrogen) atoms. The van der Waals surface area contributed by atoms with Gasteiger partial charge in [0.15, 0.2) is 11.5 Å². The number of ketones is 2. The van der Waals surface area contributed by atoms with Gasteiger partial charge in [0, 0.05) is 52.8 Å². The molecule has 1 fully saturated rings. The molecule has 9 N–H and O–H groups in total. The van der Waals surface area contributed by atoms with Crippen molar-refractivity contribution < 1.29 is 69.8 Å². The molecule has 0 saturated carbocycles. The topological polar surface area (TPSA) is 244 Å². The van der Waals surface area contributed by atoms with Gasteiger partial charge in [0.05, 0.1) is 24.0 Å². The zero-order valence-electron chi connectivity index (χ0n) is 36.6. The van der Waals surface area contributed by atoms with Gasteiger partial charge in [-0.15, -0.1) is 0 Å². The van der Waals surface area contributed by atoms with E-state index in [0.717, 1.165) is 12.2 Å². The molecule has 0 aromatic heterocycles. The number of aliphatic hydroxyl groups excluding tert-OH is 1. The van der Waals surface area contributed by atoms with Crippen LogP contribution >= 0.6 is 0 Å². The van der Waals surface area contributed by atoms with E-state index in [9.17, 15) is 55.5 Å². The molecule has 11 rings (SSSR count). The average molecular weight is 939 g/mol. The van der Waals surface area contributed by atoms with Crippen LogP contribution in [0.1, 0.15) is 92.2 Å². The van der Waals surface area contributed by atoms with Gasteiger partial charge in [0.1, 0.15) is 69.7 Å². The zero-order valence-corrected chi connectivity index (χ0v) is 36.6. The summed E-state index contributed by atoms with van der Waals surface area (Å²) >= 11 is 0. The summed E-state index contributed by atoms with van der Waals surface area (Å²) in [5.41, 5.74) is 4.33. The van der Waals surface area contributed by atoms with E-state index in [4.69, 9.17) is 14.2 Å². The lowest BCUT2D eigenvalue weighted by atomic mass is 9.69. The van der Waals surface area contributed by atoms with Gasteiger partial charge < -0.3 is 60.2 Å².